The summed E-state index contributed by atoms with van der Waals surface area (Å²) in [4.78, 5) is 5.74. The van der Waals surface area contributed by atoms with E-state index in [2.05, 4.69) is 22.4 Å². The summed E-state index contributed by atoms with van der Waals surface area (Å²) in [6, 6.07) is 4.03. The number of pyridine rings is 1. The quantitative estimate of drug-likeness (QED) is 0.805. The zero-order valence-electron chi connectivity index (χ0n) is 8.29. The molecule has 0 aromatic carbocycles. The van der Waals surface area contributed by atoms with Gasteiger partial charge in [-0.2, -0.15) is 0 Å². The molecule has 74 valence electrons. The van der Waals surface area contributed by atoms with Crippen LogP contribution in [-0.4, -0.2) is 17.8 Å². The van der Waals surface area contributed by atoms with Gasteiger partial charge in [-0.05, 0) is 30.7 Å². The van der Waals surface area contributed by atoms with Gasteiger partial charge in [-0.15, -0.1) is 11.8 Å². The normalized spacial score (nSPS) is 16.2. The van der Waals surface area contributed by atoms with Crippen molar-refractivity contribution < 1.29 is 0 Å². The summed E-state index contributed by atoms with van der Waals surface area (Å²) in [6.45, 7) is 0. The molecule has 0 fully saturated rings. The van der Waals surface area contributed by atoms with Crippen molar-refractivity contribution in [1.29, 1.82) is 0 Å². The van der Waals surface area contributed by atoms with E-state index in [1.54, 1.807) is 0 Å². The molecule has 0 unspecified atom stereocenters. The van der Waals surface area contributed by atoms with Gasteiger partial charge >= 0.3 is 0 Å². The fourth-order valence-electron chi connectivity index (χ4n) is 1.53. The molecule has 0 atom stereocenters. The van der Waals surface area contributed by atoms with E-state index in [0.29, 0.717) is 0 Å². The van der Waals surface area contributed by atoms with Crippen LogP contribution < -0.4 is 5.32 Å². The Balaban J connectivity index is 2.34. The third-order valence-electron chi connectivity index (χ3n) is 2.25. The van der Waals surface area contributed by atoms with E-state index >= 15 is 0 Å². The summed E-state index contributed by atoms with van der Waals surface area (Å²) >= 11 is 1.90. The van der Waals surface area contributed by atoms with Crippen LogP contribution in [0.3, 0.4) is 0 Å². The summed E-state index contributed by atoms with van der Waals surface area (Å²) in [7, 11) is 1.94. The second-order valence-corrected chi connectivity index (χ2v) is 4.35. The van der Waals surface area contributed by atoms with Gasteiger partial charge in [0.1, 0.15) is 0 Å². The molecule has 1 aliphatic heterocycles. The van der Waals surface area contributed by atoms with Crippen molar-refractivity contribution >= 4 is 22.4 Å². The average molecular weight is 206 g/mol. The molecule has 1 aromatic rings. The minimum Gasteiger partial charge on any atom is -0.386 e. The molecule has 0 aliphatic carbocycles. The van der Waals surface area contributed by atoms with Gasteiger partial charge in [0.2, 0.25) is 0 Å². The summed E-state index contributed by atoms with van der Waals surface area (Å²) in [5.74, 6) is 1.21. The molecular weight excluding hydrogens is 192 g/mol. The third-order valence-corrected chi connectivity index (χ3v) is 3.41. The van der Waals surface area contributed by atoms with Crippen molar-refractivity contribution in [3.05, 3.63) is 30.1 Å². The van der Waals surface area contributed by atoms with E-state index in [0.717, 1.165) is 11.4 Å². The topological polar surface area (TPSA) is 24.9 Å². The molecule has 0 spiro atoms. The predicted molar refractivity (Wildman–Crippen MR) is 63.5 cm³/mol. The first-order chi connectivity index (χ1) is 6.92. The Bertz CT molecular complexity index is 347. The SMILES string of the molecule is CNc1cccnc1C1=CCCCS1. The van der Waals surface area contributed by atoms with E-state index in [4.69, 9.17) is 0 Å². The van der Waals surface area contributed by atoms with Crippen molar-refractivity contribution in [2.45, 2.75) is 12.8 Å². The highest BCUT2D eigenvalue weighted by atomic mass is 32.2. The maximum atomic E-state index is 4.42. The Morgan fingerprint density at radius 1 is 1.50 bits per heavy atom. The minimum absolute atomic E-state index is 1.10. The van der Waals surface area contributed by atoms with Crippen LogP contribution in [0.15, 0.2) is 24.4 Å². The third kappa shape index (κ3) is 1.93. The molecule has 1 aliphatic rings. The average Bonchev–Trinajstić information content (AvgIpc) is 2.30. The van der Waals surface area contributed by atoms with Gasteiger partial charge in [-0.25, -0.2) is 0 Å². The number of rotatable bonds is 2. The highest BCUT2D eigenvalue weighted by Gasteiger charge is 2.10. The maximum absolute atomic E-state index is 4.42. The smallest absolute Gasteiger partial charge is 0.0993 e. The predicted octanol–water partition coefficient (Wildman–Crippen LogP) is 2.99. The summed E-state index contributed by atoms with van der Waals surface area (Å²) in [5, 5.41) is 3.18. The highest BCUT2D eigenvalue weighted by Crippen LogP contribution is 2.34. The summed E-state index contributed by atoms with van der Waals surface area (Å²) in [5.41, 5.74) is 2.22. The molecule has 1 aromatic heterocycles. The lowest BCUT2D eigenvalue weighted by Gasteiger charge is -2.14. The number of anilines is 1. The first kappa shape index (κ1) is 9.59. The van der Waals surface area contributed by atoms with Gasteiger partial charge in [0.05, 0.1) is 11.4 Å². The highest BCUT2D eigenvalue weighted by molar-refractivity contribution is 8.08. The molecule has 2 rings (SSSR count). The lowest BCUT2D eigenvalue weighted by atomic mass is 10.2. The van der Waals surface area contributed by atoms with Crippen LogP contribution in [0.4, 0.5) is 5.69 Å². The van der Waals surface area contributed by atoms with E-state index < -0.39 is 0 Å². The molecule has 0 bridgehead atoms. The van der Waals surface area contributed by atoms with Crippen molar-refractivity contribution in [1.82, 2.24) is 4.98 Å². The Kier molecular flexibility index (Phi) is 3.09. The first-order valence-corrected chi connectivity index (χ1v) is 5.86. The second-order valence-electron chi connectivity index (χ2n) is 3.21. The molecule has 3 heteroatoms. The molecule has 14 heavy (non-hydrogen) atoms. The second kappa shape index (κ2) is 4.51. The van der Waals surface area contributed by atoms with Gasteiger partial charge < -0.3 is 5.32 Å². The lowest BCUT2D eigenvalue weighted by molar-refractivity contribution is 0.967. The fourth-order valence-corrected chi connectivity index (χ4v) is 2.59. The number of hydrogen-bond donors (Lipinski definition) is 1. The first-order valence-electron chi connectivity index (χ1n) is 4.88. The Labute approximate surface area is 88.8 Å². The van der Waals surface area contributed by atoms with Gasteiger partial charge in [0.15, 0.2) is 0 Å². The van der Waals surface area contributed by atoms with Crippen LogP contribution in [0.2, 0.25) is 0 Å². The van der Waals surface area contributed by atoms with Crippen molar-refractivity contribution in [3.8, 4) is 0 Å². The van der Waals surface area contributed by atoms with Crippen LogP contribution in [0.5, 0.6) is 0 Å². The number of hydrogen-bond acceptors (Lipinski definition) is 3. The van der Waals surface area contributed by atoms with E-state index in [9.17, 15) is 0 Å². The Morgan fingerprint density at radius 2 is 2.43 bits per heavy atom. The molecule has 0 saturated carbocycles. The van der Waals surface area contributed by atoms with Gasteiger partial charge in [0, 0.05) is 18.1 Å². The number of allylic oxidation sites excluding steroid dienone is 1. The number of aromatic nitrogens is 1. The number of nitrogens with zero attached hydrogens (tertiary/aromatic N) is 1. The van der Waals surface area contributed by atoms with E-state index in [1.807, 2.05) is 31.1 Å². The molecule has 2 heterocycles. The lowest BCUT2D eigenvalue weighted by Crippen LogP contribution is -1.98. The molecule has 2 nitrogen and oxygen atoms in total. The van der Waals surface area contributed by atoms with Crippen molar-refractivity contribution in [2.24, 2.45) is 0 Å². The monoisotopic (exact) mass is 206 g/mol. The van der Waals surface area contributed by atoms with Gasteiger partial charge in [0.25, 0.3) is 0 Å². The van der Waals surface area contributed by atoms with Crippen LogP contribution in [0.1, 0.15) is 18.5 Å². The van der Waals surface area contributed by atoms with Crippen molar-refractivity contribution in [2.75, 3.05) is 18.1 Å². The Morgan fingerprint density at radius 3 is 3.14 bits per heavy atom. The maximum Gasteiger partial charge on any atom is 0.0993 e. The molecule has 1 N–H and O–H groups in total. The standard InChI is InChI=1S/C11H14N2S/c1-12-9-5-4-7-13-11(9)10-6-2-3-8-14-10/h4-7,12H,2-3,8H2,1H3. The van der Waals surface area contributed by atoms with Crippen LogP contribution in [0.25, 0.3) is 4.91 Å². The Hall–Kier alpha value is -0.960. The van der Waals surface area contributed by atoms with Crippen LogP contribution >= 0.6 is 11.8 Å². The minimum atomic E-state index is 1.10. The zero-order valence-corrected chi connectivity index (χ0v) is 9.10. The largest absolute Gasteiger partial charge is 0.386 e. The fraction of sp³-hybridized carbons (Fsp3) is 0.364. The van der Waals surface area contributed by atoms with Gasteiger partial charge in [-0.3, -0.25) is 4.98 Å². The summed E-state index contributed by atoms with van der Waals surface area (Å²) in [6.07, 6.45) is 6.61. The molecule has 0 saturated heterocycles. The molecule has 0 radical (unpaired) electrons. The van der Waals surface area contributed by atoms with Crippen LogP contribution in [0, 0.1) is 0 Å². The zero-order chi connectivity index (χ0) is 9.80. The number of nitrogens with one attached hydrogen (secondary N) is 1. The van der Waals surface area contributed by atoms with E-state index in [-0.39, 0.29) is 0 Å². The van der Waals surface area contributed by atoms with Gasteiger partial charge in [-0.1, -0.05) is 6.08 Å². The van der Waals surface area contributed by atoms with E-state index in [1.165, 1.54) is 23.5 Å². The molecule has 0 amide bonds. The summed E-state index contributed by atoms with van der Waals surface area (Å²) < 4.78 is 0. The van der Waals surface area contributed by atoms with Crippen molar-refractivity contribution in [3.63, 3.8) is 0 Å². The van der Waals surface area contributed by atoms with Crippen LogP contribution in [-0.2, 0) is 0 Å². The number of thioether (sulfide) groups is 1. The molecular formula is C11H14N2S.